The van der Waals surface area contributed by atoms with Gasteiger partial charge < -0.3 is 4.90 Å². The van der Waals surface area contributed by atoms with Crippen LogP contribution >= 0.6 is 31.9 Å². The molecule has 3 nitrogen and oxygen atoms in total. The Hall–Kier alpha value is -0.860. The summed E-state index contributed by atoms with van der Waals surface area (Å²) < 4.78 is 1.65. The molecule has 0 amide bonds. The lowest BCUT2D eigenvalue weighted by Gasteiger charge is -2.05. The van der Waals surface area contributed by atoms with Crippen LogP contribution < -0.4 is 0 Å². The van der Waals surface area contributed by atoms with Gasteiger partial charge >= 0.3 is 0 Å². The first-order chi connectivity index (χ1) is 7.04. The van der Waals surface area contributed by atoms with Gasteiger partial charge in [0.05, 0.1) is 17.6 Å². The third kappa shape index (κ3) is 3.33. The first-order valence-corrected chi connectivity index (χ1v) is 5.73. The van der Waals surface area contributed by atoms with Gasteiger partial charge in [-0.1, -0.05) is 15.9 Å². The summed E-state index contributed by atoms with van der Waals surface area (Å²) in [4.78, 5) is 6.04. The van der Waals surface area contributed by atoms with E-state index in [1.54, 1.807) is 12.4 Å². The first kappa shape index (κ1) is 12.2. The molecule has 0 unspecified atom stereocenters. The normalized spacial score (nSPS) is 10.3. The Morgan fingerprint density at radius 3 is 2.60 bits per heavy atom. The number of benzene rings is 1. The molecular formula is C10H9Br2N3. The fourth-order valence-corrected chi connectivity index (χ4v) is 2.28. The first-order valence-electron chi connectivity index (χ1n) is 4.14. The maximum Gasteiger partial charge on any atom is 0.101 e. The number of hydrogen-bond acceptors (Lipinski definition) is 2. The summed E-state index contributed by atoms with van der Waals surface area (Å²) in [5, 5.41) is 8.95. The predicted molar refractivity (Wildman–Crippen MR) is 68.4 cm³/mol. The Morgan fingerprint density at radius 2 is 2.07 bits per heavy atom. The van der Waals surface area contributed by atoms with E-state index in [1.807, 2.05) is 25.1 Å². The van der Waals surface area contributed by atoms with Crippen molar-refractivity contribution < 1.29 is 0 Å². The summed E-state index contributed by atoms with van der Waals surface area (Å²) in [7, 11) is 3.75. The van der Waals surface area contributed by atoms with Crippen LogP contribution in [0, 0.1) is 11.3 Å². The van der Waals surface area contributed by atoms with Crippen LogP contribution in [0.4, 0.5) is 5.69 Å². The predicted octanol–water partition coefficient (Wildman–Crippen LogP) is 3.30. The third-order valence-corrected chi connectivity index (χ3v) is 2.63. The highest BCUT2D eigenvalue weighted by atomic mass is 79.9. The average Bonchev–Trinajstić information content (AvgIpc) is 2.14. The van der Waals surface area contributed by atoms with Gasteiger partial charge in [-0.05, 0) is 28.1 Å². The standard InChI is InChI=1S/C10H9Br2N3/c1-15(2)6-14-10-7(5-13)3-8(11)4-9(10)12/h3-4,6H,1-2H3. The summed E-state index contributed by atoms with van der Waals surface area (Å²) in [6, 6.07) is 5.72. The zero-order chi connectivity index (χ0) is 11.4. The van der Waals surface area contributed by atoms with E-state index in [1.165, 1.54) is 0 Å². The molecule has 78 valence electrons. The van der Waals surface area contributed by atoms with E-state index < -0.39 is 0 Å². The number of nitriles is 1. The summed E-state index contributed by atoms with van der Waals surface area (Å²) in [5.41, 5.74) is 1.18. The van der Waals surface area contributed by atoms with E-state index in [9.17, 15) is 0 Å². The Balaban J connectivity index is 3.23. The van der Waals surface area contributed by atoms with Crippen molar-refractivity contribution in [3.8, 4) is 6.07 Å². The number of halogens is 2. The zero-order valence-corrected chi connectivity index (χ0v) is 11.5. The fraction of sp³-hybridized carbons (Fsp3) is 0.200. The van der Waals surface area contributed by atoms with Crippen molar-refractivity contribution in [1.82, 2.24) is 4.90 Å². The van der Waals surface area contributed by atoms with Crippen LogP contribution in [0.3, 0.4) is 0 Å². The van der Waals surface area contributed by atoms with Crippen LogP contribution in [-0.2, 0) is 0 Å². The molecular weight excluding hydrogens is 322 g/mol. The molecule has 0 atom stereocenters. The molecule has 1 aromatic rings. The molecule has 15 heavy (non-hydrogen) atoms. The summed E-state index contributed by atoms with van der Waals surface area (Å²) in [6.07, 6.45) is 1.66. The number of rotatable bonds is 2. The van der Waals surface area contributed by atoms with Crippen molar-refractivity contribution in [1.29, 1.82) is 5.26 Å². The Morgan fingerprint density at radius 1 is 1.40 bits per heavy atom. The number of hydrogen-bond donors (Lipinski definition) is 0. The highest BCUT2D eigenvalue weighted by molar-refractivity contribution is 9.11. The smallest absolute Gasteiger partial charge is 0.101 e. The van der Waals surface area contributed by atoms with Gasteiger partial charge in [0.15, 0.2) is 0 Å². The molecule has 0 heterocycles. The van der Waals surface area contributed by atoms with Gasteiger partial charge in [-0.25, -0.2) is 4.99 Å². The zero-order valence-electron chi connectivity index (χ0n) is 8.33. The van der Waals surface area contributed by atoms with Gasteiger partial charge in [0.25, 0.3) is 0 Å². The molecule has 1 aromatic carbocycles. The lowest BCUT2D eigenvalue weighted by atomic mass is 10.2. The molecule has 5 heteroatoms. The van der Waals surface area contributed by atoms with Crippen molar-refractivity contribution >= 4 is 43.9 Å². The maximum atomic E-state index is 8.95. The highest BCUT2D eigenvalue weighted by Crippen LogP contribution is 2.32. The van der Waals surface area contributed by atoms with Gasteiger partial charge in [0.2, 0.25) is 0 Å². The van der Waals surface area contributed by atoms with E-state index in [2.05, 4.69) is 42.9 Å². The topological polar surface area (TPSA) is 39.4 Å². The van der Waals surface area contributed by atoms with Crippen LogP contribution in [0.5, 0.6) is 0 Å². The van der Waals surface area contributed by atoms with Crippen molar-refractivity contribution in [2.75, 3.05) is 14.1 Å². The molecule has 0 spiro atoms. The Kier molecular flexibility index (Phi) is 4.30. The second-order valence-electron chi connectivity index (χ2n) is 3.10. The minimum atomic E-state index is 0.536. The van der Waals surface area contributed by atoms with Crippen molar-refractivity contribution in [2.24, 2.45) is 4.99 Å². The molecule has 0 radical (unpaired) electrons. The van der Waals surface area contributed by atoms with E-state index in [-0.39, 0.29) is 0 Å². The molecule has 0 N–H and O–H groups in total. The van der Waals surface area contributed by atoms with Crippen LogP contribution in [0.1, 0.15) is 5.56 Å². The molecule has 0 saturated carbocycles. The molecule has 0 saturated heterocycles. The van der Waals surface area contributed by atoms with Gasteiger partial charge in [-0.3, -0.25) is 0 Å². The molecule has 0 aromatic heterocycles. The van der Waals surface area contributed by atoms with E-state index in [0.717, 1.165) is 8.95 Å². The second kappa shape index (κ2) is 5.29. The van der Waals surface area contributed by atoms with Gasteiger partial charge in [0, 0.05) is 23.0 Å². The highest BCUT2D eigenvalue weighted by Gasteiger charge is 2.06. The van der Waals surface area contributed by atoms with Crippen LogP contribution in [-0.4, -0.2) is 25.3 Å². The molecule has 0 aliphatic carbocycles. The van der Waals surface area contributed by atoms with Crippen molar-refractivity contribution in [3.63, 3.8) is 0 Å². The summed E-state index contributed by atoms with van der Waals surface area (Å²) in [5.74, 6) is 0. The Labute approximate surface area is 106 Å². The van der Waals surface area contributed by atoms with E-state index in [4.69, 9.17) is 5.26 Å². The van der Waals surface area contributed by atoms with Gasteiger partial charge in [-0.2, -0.15) is 5.26 Å². The summed E-state index contributed by atoms with van der Waals surface area (Å²) >= 11 is 6.70. The van der Waals surface area contributed by atoms with Crippen LogP contribution in [0.2, 0.25) is 0 Å². The quantitative estimate of drug-likeness (QED) is 0.616. The SMILES string of the molecule is CN(C)C=Nc1c(Br)cc(Br)cc1C#N. The minimum absolute atomic E-state index is 0.536. The lowest BCUT2D eigenvalue weighted by molar-refractivity contribution is 0.643. The average molecular weight is 331 g/mol. The van der Waals surface area contributed by atoms with Crippen LogP contribution in [0.15, 0.2) is 26.1 Å². The molecule has 0 aliphatic rings. The maximum absolute atomic E-state index is 8.95. The Bertz CT molecular complexity index is 433. The number of nitrogens with zero attached hydrogens (tertiary/aromatic N) is 3. The molecule has 0 bridgehead atoms. The van der Waals surface area contributed by atoms with Crippen molar-refractivity contribution in [3.05, 3.63) is 26.6 Å². The summed E-state index contributed by atoms with van der Waals surface area (Å²) in [6.45, 7) is 0. The van der Waals surface area contributed by atoms with Gasteiger partial charge in [-0.15, -0.1) is 0 Å². The van der Waals surface area contributed by atoms with Gasteiger partial charge in [0.1, 0.15) is 6.07 Å². The molecule has 1 rings (SSSR count). The number of aliphatic imine (C=N–C) groups is 1. The molecule has 0 fully saturated rings. The minimum Gasteiger partial charge on any atom is -0.369 e. The monoisotopic (exact) mass is 329 g/mol. The van der Waals surface area contributed by atoms with E-state index >= 15 is 0 Å². The third-order valence-electron chi connectivity index (χ3n) is 1.57. The largest absolute Gasteiger partial charge is 0.369 e. The second-order valence-corrected chi connectivity index (χ2v) is 4.87. The fourth-order valence-electron chi connectivity index (χ4n) is 0.956. The van der Waals surface area contributed by atoms with E-state index in [0.29, 0.717) is 11.3 Å². The van der Waals surface area contributed by atoms with Crippen LogP contribution in [0.25, 0.3) is 0 Å². The van der Waals surface area contributed by atoms with Crippen molar-refractivity contribution in [2.45, 2.75) is 0 Å². The lowest BCUT2D eigenvalue weighted by Crippen LogP contribution is -2.07. The molecule has 0 aliphatic heterocycles.